The van der Waals surface area contributed by atoms with E-state index in [1.54, 1.807) is 18.3 Å². The Balaban J connectivity index is 2.38. The van der Waals surface area contributed by atoms with Gasteiger partial charge in [-0.15, -0.1) is 0 Å². The van der Waals surface area contributed by atoms with Crippen LogP contribution in [0.3, 0.4) is 0 Å². The molecular formula is C16H16N2O. The second-order valence-electron chi connectivity index (χ2n) is 4.74. The van der Waals surface area contributed by atoms with Gasteiger partial charge in [0.2, 0.25) is 0 Å². The van der Waals surface area contributed by atoms with Crippen LogP contribution >= 0.6 is 0 Å². The minimum atomic E-state index is 0.303. The van der Waals surface area contributed by atoms with Gasteiger partial charge in [-0.3, -0.25) is 0 Å². The van der Waals surface area contributed by atoms with E-state index in [9.17, 15) is 0 Å². The quantitative estimate of drug-likeness (QED) is 0.823. The van der Waals surface area contributed by atoms with Crippen molar-refractivity contribution >= 4 is 0 Å². The lowest BCUT2D eigenvalue weighted by atomic mass is 10.0. The van der Waals surface area contributed by atoms with Crippen LogP contribution in [0.1, 0.15) is 36.6 Å². The Hall–Kier alpha value is -2.34. The summed E-state index contributed by atoms with van der Waals surface area (Å²) in [7, 11) is 0. The summed E-state index contributed by atoms with van der Waals surface area (Å²) >= 11 is 0. The Morgan fingerprint density at radius 1 is 1.21 bits per heavy atom. The average molecular weight is 252 g/mol. The lowest BCUT2D eigenvalue weighted by Gasteiger charge is -2.12. The van der Waals surface area contributed by atoms with E-state index in [1.807, 2.05) is 25.1 Å². The monoisotopic (exact) mass is 252 g/mol. The number of aromatic nitrogens is 1. The van der Waals surface area contributed by atoms with Crippen molar-refractivity contribution in [2.24, 2.45) is 0 Å². The molecule has 2 aromatic rings. The van der Waals surface area contributed by atoms with Gasteiger partial charge < -0.3 is 4.74 Å². The zero-order valence-corrected chi connectivity index (χ0v) is 11.3. The van der Waals surface area contributed by atoms with Crippen molar-refractivity contribution in [1.29, 1.82) is 5.26 Å². The number of benzene rings is 1. The number of aryl methyl sites for hydroxylation is 1. The van der Waals surface area contributed by atoms with Crippen LogP contribution in [0, 0.1) is 18.3 Å². The van der Waals surface area contributed by atoms with E-state index in [0.717, 1.165) is 11.3 Å². The first kappa shape index (κ1) is 13.1. The Morgan fingerprint density at radius 2 is 2.00 bits per heavy atom. The Labute approximate surface area is 113 Å². The minimum absolute atomic E-state index is 0.303. The van der Waals surface area contributed by atoms with Crippen molar-refractivity contribution in [1.82, 2.24) is 4.98 Å². The zero-order chi connectivity index (χ0) is 13.8. The van der Waals surface area contributed by atoms with Crippen molar-refractivity contribution in [2.75, 3.05) is 0 Å². The number of nitriles is 1. The van der Waals surface area contributed by atoms with Crippen molar-refractivity contribution in [2.45, 2.75) is 26.7 Å². The smallest absolute Gasteiger partial charge is 0.183 e. The molecule has 96 valence electrons. The van der Waals surface area contributed by atoms with Crippen molar-refractivity contribution in [3.63, 3.8) is 0 Å². The fourth-order valence-corrected chi connectivity index (χ4v) is 1.76. The molecule has 0 atom stereocenters. The normalized spacial score (nSPS) is 10.3. The summed E-state index contributed by atoms with van der Waals surface area (Å²) in [6.45, 7) is 6.26. The topological polar surface area (TPSA) is 45.9 Å². The van der Waals surface area contributed by atoms with Gasteiger partial charge in [0.05, 0.1) is 0 Å². The second-order valence-corrected chi connectivity index (χ2v) is 4.74. The molecule has 0 radical (unpaired) electrons. The summed E-state index contributed by atoms with van der Waals surface area (Å²) in [5.41, 5.74) is 2.55. The molecule has 0 saturated carbocycles. The highest BCUT2D eigenvalue weighted by Gasteiger charge is 2.09. The molecule has 2 rings (SSSR count). The number of ether oxygens (including phenoxy) is 1. The highest BCUT2D eigenvalue weighted by Crippen LogP contribution is 2.29. The lowest BCUT2D eigenvalue weighted by molar-refractivity contribution is 0.473. The first-order valence-corrected chi connectivity index (χ1v) is 6.25. The molecule has 1 aromatic heterocycles. The van der Waals surface area contributed by atoms with Crippen LogP contribution in [0.2, 0.25) is 0 Å². The van der Waals surface area contributed by atoms with Crippen LogP contribution in [-0.4, -0.2) is 4.98 Å². The van der Waals surface area contributed by atoms with Crippen LogP contribution in [0.15, 0.2) is 36.5 Å². The Morgan fingerprint density at radius 3 is 2.68 bits per heavy atom. The maximum absolute atomic E-state index is 9.02. The summed E-state index contributed by atoms with van der Waals surface area (Å²) in [5.74, 6) is 1.71. The summed E-state index contributed by atoms with van der Waals surface area (Å²) in [5, 5.41) is 9.02. The molecule has 3 nitrogen and oxygen atoms in total. The number of rotatable bonds is 3. The standard InChI is InChI=1S/C16H16N2O/c1-11(2)13-7-6-12(3)16(9-13)19-15-5-4-8-18-14(15)10-17/h4-9,11H,1-3H3. The summed E-state index contributed by atoms with van der Waals surface area (Å²) < 4.78 is 5.84. The minimum Gasteiger partial charge on any atom is -0.454 e. The molecule has 0 amide bonds. The third-order valence-corrected chi connectivity index (χ3v) is 2.98. The Bertz CT molecular complexity index is 627. The number of hydrogen-bond donors (Lipinski definition) is 0. The van der Waals surface area contributed by atoms with E-state index >= 15 is 0 Å². The molecule has 0 bridgehead atoms. The predicted molar refractivity (Wildman–Crippen MR) is 74.3 cm³/mol. The first-order chi connectivity index (χ1) is 9.11. The van der Waals surface area contributed by atoms with Crippen LogP contribution < -0.4 is 4.74 Å². The largest absolute Gasteiger partial charge is 0.454 e. The van der Waals surface area contributed by atoms with Gasteiger partial charge in [-0.2, -0.15) is 5.26 Å². The zero-order valence-electron chi connectivity index (χ0n) is 11.3. The molecule has 0 spiro atoms. The molecule has 0 unspecified atom stereocenters. The maximum Gasteiger partial charge on any atom is 0.183 e. The summed E-state index contributed by atoms with van der Waals surface area (Å²) in [4.78, 5) is 3.99. The highest BCUT2D eigenvalue weighted by molar-refractivity contribution is 5.44. The van der Waals surface area contributed by atoms with E-state index < -0.39 is 0 Å². The van der Waals surface area contributed by atoms with Gasteiger partial charge in [0.25, 0.3) is 0 Å². The molecule has 3 heteroatoms. The summed E-state index contributed by atoms with van der Waals surface area (Å²) in [6.07, 6.45) is 1.59. The van der Waals surface area contributed by atoms with Gasteiger partial charge in [-0.25, -0.2) is 4.98 Å². The number of pyridine rings is 1. The van der Waals surface area contributed by atoms with Gasteiger partial charge >= 0.3 is 0 Å². The molecule has 1 heterocycles. The van der Waals surface area contributed by atoms with Crippen molar-refractivity contribution < 1.29 is 4.74 Å². The molecule has 0 N–H and O–H groups in total. The van der Waals surface area contributed by atoms with Crippen molar-refractivity contribution in [3.8, 4) is 17.6 Å². The average Bonchev–Trinajstić information content (AvgIpc) is 2.41. The lowest BCUT2D eigenvalue weighted by Crippen LogP contribution is -1.95. The van der Waals surface area contributed by atoms with E-state index in [4.69, 9.17) is 10.00 Å². The molecule has 0 saturated heterocycles. The molecule has 1 aromatic carbocycles. The third-order valence-electron chi connectivity index (χ3n) is 2.98. The number of hydrogen-bond acceptors (Lipinski definition) is 3. The molecule has 0 aliphatic heterocycles. The highest BCUT2D eigenvalue weighted by atomic mass is 16.5. The maximum atomic E-state index is 9.02. The Kier molecular flexibility index (Phi) is 3.82. The fraction of sp³-hybridized carbons (Fsp3) is 0.250. The van der Waals surface area contributed by atoms with Crippen molar-refractivity contribution in [3.05, 3.63) is 53.3 Å². The fourth-order valence-electron chi connectivity index (χ4n) is 1.76. The van der Waals surface area contributed by atoms with Gasteiger partial charge in [0, 0.05) is 6.20 Å². The third kappa shape index (κ3) is 2.92. The molecule has 19 heavy (non-hydrogen) atoms. The van der Waals surface area contributed by atoms with Crippen LogP contribution in [0.5, 0.6) is 11.5 Å². The van der Waals surface area contributed by atoms with E-state index in [0.29, 0.717) is 17.4 Å². The predicted octanol–water partition coefficient (Wildman–Crippen LogP) is 4.18. The first-order valence-electron chi connectivity index (χ1n) is 6.25. The second kappa shape index (κ2) is 5.53. The van der Waals surface area contributed by atoms with Gasteiger partial charge in [0.1, 0.15) is 11.8 Å². The van der Waals surface area contributed by atoms with Gasteiger partial charge in [0.15, 0.2) is 11.4 Å². The molecule has 0 aliphatic rings. The molecular weight excluding hydrogens is 236 g/mol. The van der Waals surface area contributed by atoms with Crippen LogP contribution in [0.4, 0.5) is 0 Å². The summed E-state index contributed by atoms with van der Waals surface area (Å²) in [6, 6.07) is 11.7. The molecule has 0 fully saturated rings. The van der Waals surface area contributed by atoms with Crippen LogP contribution in [-0.2, 0) is 0 Å². The van der Waals surface area contributed by atoms with Crippen LogP contribution in [0.25, 0.3) is 0 Å². The number of nitrogens with zero attached hydrogens (tertiary/aromatic N) is 2. The van der Waals surface area contributed by atoms with Gasteiger partial charge in [-0.05, 0) is 42.2 Å². The van der Waals surface area contributed by atoms with E-state index in [2.05, 4.69) is 24.9 Å². The SMILES string of the molecule is Cc1ccc(C(C)C)cc1Oc1cccnc1C#N. The molecule has 0 aliphatic carbocycles. The van der Waals surface area contributed by atoms with E-state index in [1.165, 1.54) is 5.56 Å². The van der Waals surface area contributed by atoms with Gasteiger partial charge in [-0.1, -0.05) is 26.0 Å². The van der Waals surface area contributed by atoms with E-state index in [-0.39, 0.29) is 0 Å².